The van der Waals surface area contributed by atoms with Crippen molar-refractivity contribution in [3.05, 3.63) is 59.2 Å². The average molecular weight is 278 g/mol. The molecule has 0 aliphatic carbocycles. The van der Waals surface area contributed by atoms with Gasteiger partial charge in [0.15, 0.2) is 11.6 Å². The molecule has 0 aliphatic heterocycles. The van der Waals surface area contributed by atoms with Crippen molar-refractivity contribution >= 4 is 11.9 Å². The second-order valence-corrected chi connectivity index (χ2v) is 3.94. The zero-order chi connectivity index (χ0) is 14.9. The van der Waals surface area contributed by atoms with Crippen LogP contribution in [-0.2, 0) is 0 Å². The van der Waals surface area contributed by atoms with Crippen LogP contribution in [0.4, 0.5) is 8.78 Å². The zero-order valence-electron chi connectivity index (χ0n) is 9.93. The van der Waals surface area contributed by atoms with Gasteiger partial charge in [-0.1, -0.05) is 24.3 Å². The Morgan fingerprint density at radius 1 is 0.850 bits per heavy atom. The van der Waals surface area contributed by atoms with E-state index in [4.69, 9.17) is 10.2 Å². The van der Waals surface area contributed by atoms with Gasteiger partial charge in [-0.25, -0.2) is 18.4 Å². The Balaban J connectivity index is 2.81. The highest BCUT2D eigenvalue weighted by Gasteiger charge is 2.23. The molecule has 2 N–H and O–H groups in total. The molecule has 0 aromatic heterocycles. The van der Waals surface area contributed by atoms with Crippen molar-refractivity contribution < 1.29 is 28.6 Å². The van der Waals surface area contributed by atoms with Crippen molar-refractivity contribution in [3.8, 4) is 11.1 Å². The van der Waals surface area contributed by atoms with E-state index in [9.17, 15) is 18.4 Å². The summed E-state index contributed by atoms with van der Waals surface area (Å²) in [5.74, 6) is -5.78. The minimum atomic E-state index is -1.67. The summed E-state index contributed by atoms with van der Waals surface area (Å²) < 4.78 is 26.8. The SMILES string of the molecule is O=C(O)c1ccccc1-c1ccc(F)c(F)c1C(=O)O. The normalized spacial score (nSPS) is 10.3. The molecule has 0 saturated heterocycles. The topological polar surface area (TPSA) is 74.6 Å². The van der Waals surface area contributed by atoms with Gasteiger partial charge in [0.2, 0.25) is 0 Å². The fourth-order valence-corrected chi connectivity index (χ4v) is 1.89. The first kappa shape index (κ1) is 13.7. The van der Waals surface area contributed by atoms with Gasteiger partial charge in [0, 0.05) is 5.56 Å². The standard InChI is InChI=1S/C14H8F2O4/c15-10-6-5-8(11(12(10)16)14(19)20)7-3-1-2-4-9(7)13(17)18/h1-6H,(H,17,18)(H,19,20). The summed E-state index contributed by atoms with van der Waals surface area (Å²) in [6.07, 6.45) is 0. The Hall–Kier alpha value is -2.76. The summed E-state index contributed by atoms with van der Waals surface area (Å²) in [5, 5.41) is 18.1. The molecule has 102 valence electrons. The Labute approximate surface area is 111 Å². The van der Waals surface area contributed by atoms with Crippen LogP contribution in [0, 0.1) is 11.6 Å². The molecule has 0 atom stereocenters. The van der Waals surface area contributed by atoms with E-state index in [0.29, 0.717) is 0 Å². The smallest absolute Gasteiger partial charge is 0.339 e. The van der Waals surface area contributed by atoms with Crippen LogP contribution in [0.3, 0.4) is 0 Å². The molecule has 4 nitrogen and oxygen atoms in total. The summed E-state index contributed by atoms with van der Waals surface area (Å²) in [7, 11) is 0. The third-order valence-corrected chi connectivity index (χ3v) is 2.76. The van der Waals surface area contributed by atoms with Gasteiger partial charge in [-0.15, -0.1) is 0 Å². The molecular weight excluding hydrogens is 270 g/mol. The van der Waals surface area contributed by atoms with Crippen LogP contribution < -0.4 is 0 Å². The number of carboxylic acid groups (broad SMARTS) is 2. The molecule has 0 spiro atoms. The zero-order valence-corrected chi connectivity index (χ0v) is 9.93. The first-order chi connectivity index (χ1) is 9.43. The van der Waals surface area contributed by atoms with E-state index in [1.54, 1.807) is 0 Å². The van der Waals surface area contributed by atoms with E-state index in [1.807, 2.05) is 0 Å². The number of rotatable bonds is 3. The lowest BCUT2D eigenvalue weighted by Gasteiger charge is -2.10. The first-order valence-corrected chi connectivity index (χ1v) is 5.47. The number of aromatic carboxylic acids is 2. The number of benzene rings is 2. The molecule has 0 amide bonds. The molecule has 0 aliphatic rings. The highest BCUT2D eigenvalue weighted by atomic mass is 19.2. The predicted molar refractivity (Wildman–Crippen MR) is 65.7 cm³/mol. The summed E-state index contributed by atoms with van der Waals surface area (Å²) in [6, 6.07) is 7.33. The minimum absolute atomic E-state index is 0.0105. The van der Waals surface area contributed by atoms with E-state index in [1.165, 1.54) is 24.3 Å². The van der Waals surface area contributed by atoms with Gasteiger partial charge in [0.05, 0.1) is 5.56 Å². The van der Waals surface area contributed by atoms with Crippen molar-refractivity contribution in [2.24, 2.45) is 0 Å². The molecule has 2 rings (SSSR count). The van der Waals surface area contributed by atoms with Crippen LogP contribution in [-0.4, -0.2) is 22.2 Å². The van der Waals surface area contributed by atoms with Crippen LogP contribution in [0.15, 0.2) is 36.4 Å². The summed E-state index contributed by atoms with van der Waals surface area (Å²) in [4.78, 5) is 22.2. The van der Waals surface area contributed by atoms with Gasteiger partial charge in [0.1, 0.15) is 5.56 Å². The average Bonchev–Trinajstić information content (AvgIpc) is 2.41. The van der Waals surface area contributed by atoms with Gasteiger partial charge in [-0.3, -0.25) is 0 Å². The molecule has 6 heteroatoms. The number of carboxylic acids is 2. The molecule has 0 unspecified atom stereocenters. The van der Waals surface area contributed by atoms with Gasteiger partial charge < -0.3 is 10.2 Å². The lowest BCUT2D eigenvalue weighted by Crippen LogP contribution is -2.08. The quantitative estimate of drug-likeness (QED) is 0.905. The monoisotopic (exact) mass is 278 g/mol. The predicted octanol–water partition coefficient (Wildman–Crippen LogP) is 3.03. The van der Waals surface area contributed by atoms with Crippen molar-refractivity contribution in [2.75, 3.05) is 0 Å². The Morgan fingerprint density at radius 2 is 1.50 bits per heavy atom. The van der Waals surface area contributed by atoms with Gasteiger partial charge in [-0.05, 0) is 17.7 Å². The summed E-state index contributed by atoms with van der Waals surface area (Å²) in [6.45, 7) is 0. The fraction of sp³-hybridized carbons (Fsp3) is 0. The molecule has 0 heterocycles. The van der Waals surface area contributed by atoms with Crippen LogP contribution >= 0.6 is 0 Å². The lowest BCUT2D eigenvalue weighted by molar-refractivity contribution is 0.0680. The molecule has 0 bridgehead atoms. The number of hydrogen-bond acceptors (Lipinski definition) is 2. The highest BCUT2D eigenvalue weighted by molar-refractivity contribution is 6.02. The highest BCUT2D eigenvalue weighted by Crippen LogP contribution is 2.30. The maximum Gasteiger partial charge on any atom is 0.339 e. The number of hydrogen-bond donors (Lipinski definition) is 2. The maximum absolute atomic E-state index is 13.6. The second-order valence-electron chi connectivity index (χ2n) is 3.94. The van der Waals surface area contributed by atoms with Crippen molar-refractivity contribution in [3.63, 3.8) is 0 Å². The number of halogens is 2. The van der Waals surface area contributed by atoms with E-state index < -0.39 is 29.1 Å². The van der Waals surface area contributed by atoms with Gasteiger partial charge >= 0.3 is 11.9 Å². The van der Waals surface area contributed by atoms with Crippen LogP contribution in [0.2, 0.25) is 0 Å². The molecule has 20 heavy (non-hydrogen) atoms. The summed E-state index contributed by atoms with van der Waals surface area (Å²) in [5.41, 5.74) is -1.26. The third kappa shape index (κ3) is 2.23. The van der Waals surface area contributed by atoms with Crippen LogP contribution in [0.25, 0.3) is 11.1 Å². The summed E-state index contributed by atoms with van der Waals surface area (Å²) >= 11 is 0. The Morgan fingerprint density at radius 3 is 2.10 bits per heavy atom. The van der Waals surface area contributed by atoms with Crippen LogP contribution in [0.1, 0.15) is 20.7 Å². The largest absolute Gasteiger partial charge is 0.478 e. The Kier molecular flexibility index (Phi) is 3.47. The van der Waals surface area contributed by atoms with E-state index in [2.05, 4.69) is 0 Å². The molecule has 0 radical (unpaired) electrons. The van der Waals surface area contributed by atoms with E-state index >= 15 is 0 Å². The first-order valence-electron chi connectivity index (χ1n) is 5.47. The Bertz CT molecular complexity index is 710. The molecule has 0 saturated carbocycles. The van der Waals surface area contributed by atoms with Gasteiger partial charge in [-0.2, -0.15) is 0 Å². The molecule has 2 aromatic carbocycles. The maximum atomic E-state index is 13.6. The minimum Gasteiger partial charge on any atom is -0.478 e. The molecular formula is C14H8F2O4. The second kappa shape index (κ2) is 5.08. The van der Waals surface area contributed by atoms with Gasteiger partial charge in [0.25, 0.3) is 0 Å². The van der Waals surface area contributed by atoms with Crippen molar-refractivity contribution in [1.29, 1.82) is 0 Å². The van der Waals surface area contributed by atoms with E-state index in [-0.39, 0.29) is 16.7 Å². The molecule has 2 aromatic rings. The van der Waals surface area contributed by atoms with Crippen molar-refractivity contribution in [1.82, 2.24) is 0 Å². The fourth-order valence-electron chi connectivity index (χ4n) is 1.89. The molecule has 0 fully saturated rings. The lowest BCUT2D eigenvalue weighted by atomic mass is 9.95. The third-order valence-electron chi connectivity index (χ3n) is 2.76. The van der Waals surface area contributed by atoms with Crippen LogP contribution in [0.5, 0.6) is 0 Å². The van der Waals surface area contributed by atoms with E-state index in [0.717, 1.165) is 12.1 Å². The van der Waals surface area contributed by atoms with Crippen molar-refractivity contribution in [2.45, 2.75) is 0 Å². The number of carbonyl (C=O) groups is 2.